The molecule has 7 nitrogen and oxygen atoms in total. The van der Waals surface area contributed by atoms with Crippen LogP contribution < -0.4 is 4.90 Å². The first-order valence-corrected chi connectivity index (χ1v) is 14.5. The van der Waals surface area contributed by atoms with Crippen molar-refractivity contribution in [3.8, 4) is 11.5 Å². The first kappa shape index (κ1) is 25.6. The summed E-state index contributed by atoms with van der Waals surface area (Å²) in [6.45, 7) is 12.0. The van der Waals surface area contributed by atoms with E-state index in [4.69, 9.17) is 9.97 Å². The molecule has 202 valence electrons. The van der Waals surface area contributed by atoms with Gasteiger partial charge in [0.15, 0.2) is 11.6 Å². The van der Waals surface area contributed by atoms with E-state index in [1.807, 2.05) is 18.3 Å². The van der Waals surface area contributed by atoms with E-state index in [9.17, 15) is 0 Å². The highest BCUT2D eigenvalue weighted by atomic mass is 15.2. The Morgan fingerprint density at radius 1 is 1.03 bits per heavy atom. The molecule has 1 aromatic carbocycles. The van der Waals surface area contributed by atoms with Crippen molar-refractivity contribution in [2.75, 3.05) is 37.6 Å². The summed E-state index contributed by atoms with van der Waals surface area (Å²) in [7, 11) is 0. The van der Waals surface area contributed by atoms with Crippen molar-refractivity contribution in [2.45, 2.75) is 51.9 Å². The maximum Gasteiger partial charge on any atom is 0.159 e. The molecule has 0 unspecified atom stereocenters. The summed E-state index contributed by atoms with van der Waals surface area (Å²) >= 11 is 0. The summed E-state index contributed by atoms with van der Waals surface area (Å²) in [6, 6.07) is 8.51. The highest BCUT2D eigenvalue weighted by Crippen LogP contribution is 2.32. The fraction of sp³-hybridized carbons (Fsp3) is 0.406. The Morgan fingerprint density at radius 2 is 1.85 bits per heavy atom. The zero-order valence-corrected chi connectivity index (χ0v) is 23.0. The first-order valence-electron chi connectivity index (χ1n) is 14.5. The number of nitrogens with one attached hydrogen (secondary N) is 2. The Morgan fingerprint density at radius 3 is 2.64 bits per heavy atom. The predicted octanol–water partition coefficient (Wildman–Crippen LogP) is 6.88. The summed E-state index contributed by atoms with van der Waals surface area (Å²) in [5, 5.41) is 8.94. The van der Waals surface area contributed by atoms with Crippen LogP contribution in [0, 0.1) is 0 Å². The van der Waals surface area contributed by atoms with Gasteiger partial charge in [0.1, 0.15) is 11.2 Å². The molecule has 0 atom stereocenters. The monoisotopic (exact) mass is 521 g/mol. The number of likely N-dealkylation sites (tertiary alicyclic amines) is 1. The number of aromatic nitrogens is 5. The maximum absolute atomic E-state index is 5.02. The van der Waals surface area contributed by atoms with Crippen molar-refractivity contribution in [1.29, 1.82) is 0 Å². The van der Waals surface area contributed by atoms with E-state index in [1.54, 1.807) is 0 Å². The molecule has 5 heterocycles. The summed E-state index contributed by atoms with van der Waals surface area (Å²) in [6.07, 6.45) is 17.0. The van der Waals surface area contributed by atoms with Gasteiger partial charge >= 0.3 is 0 Å². The number of aromatic amines is 2. The molecule has 2 saturated heterocycles. The summed E-state index contributed by atoms with van der Waals surface area (Å²) < 4.78 is 0. The van der Waals surface area contributed by atoms with Gasteiger partial charge in [-0.1, -0.05) is 30.9 Å². The minimum absolute atomic E-state index is 0.769. The normalized spacial score (nSPS) is 17.5. The number of fused-ring (bicyclic) bond motifs is 2. The van der Waals surface area contributed by atoms with E-state index >= 15 is 0 Å². The fourth-order valence-electron chi connectivity index (χ4n) is 6.02. The first-order chi connectivity index (χ1) is 19.2. The Balaban J connectivity index is 1.28. The smallest absolute Gasteiger partial charge is 0.159 e. The molecule has 2 aliphatic rings. The Labute approximate surface area is 230 Å². The third-order valence-electron chi connectivity index (χ3n) is 8.21. The molecule has 2 aliphatic heterocycles. The second kappa shape index (κ2) is 11.6. The standard InChI is InChI=1S/C32H39N7/c1-3-23(11-10-18-38-16-8-9-17-38)21-24(4-2)25-12-13-27-26(22-25)29(37-36-27)31-34-28-14-15-33-32(30(28)35-31)39-19-6-5-7-20-39/h3-4,12-15,21-22H,1,5-11,16-20H2,2H3,(H,34,35)(H,36,37)/b23-21+,24-4+. The summed E-state index contributed by atoms with van der Waals surface area (Å²) in [5.41, 5.74) is 7.39. The minimum atomic E-state index is 0.769. The van der Waals surface area contributed by atoms with Crippen molar-refractivity contribution in [1.82, 2.24) is 30.0 Å². The van der Waals surface area contributed by atoms with E-state index in [0.29, 0.717) is 0 Å². The lowest BCUT2D eigenvalue weighted by Crippen LogP contribution is -2.30. The highest BCUT2D eigenvalue weighted by Gasteiger charge is 2.20. The predicted molar refractivity (Wildman–Crippen MR) is 162 cm³/mol. The van der Waals surface area contributed by atoms with Crippen LogP contribution in [0.15, 0.2) is 60.8 Å². The number of imidazole rings is 1. The van der Waals surface area contributed by atoms with E-state index in [2.05, 4.69) is 68.8 Å². The van der Waals surface area contributed by atoms with Crippen molar-refractivity contribution in [2.24, 2.45) is 0 Å². The topological polar surface area (TPSA) is 76.7 Å². The Kier molecular flexibility index (Phi) is 7.59. The molecule has 2 N–H and O–H groups in total. The number of allylic oxidation sites excluding steroid dienone is 5. The Bertz CT molecular complexity index is 1510. The molecule has 0 saturated carbocycles. The minimum Gasteiger partial charge on any atom is -0.355 e. The van der Waals surface area contributed by atoms with Crippen molar-refractivity contribution < 1.29 is 0 Å². The van der Waals surface area contributed by atoms with E-state index in [0.717, 1.165) is 58.8 Å². The van der Waals surface area contributed by atoms with E-state index < -0.39 is 0 Å². The van der Waals surface area contributed by atoms with Crippen LogP contribution in [0.1, 0.15) is 57.4 Å². The molecule has 7 heteroatoms. The number of hydrogen-bond donors (Lipinski definition) is 2. The third kappa shape index (κ3) is 5.41. The van der Waals surface area contributed by atoms with Gasteiger partial charge in [-0.25, -0.2) is 9.97 Å². The van der Waals surface area contributed by atoms with Crippen LogP contribution in [-0.4, -0.2) is 62.8 Å². The van der Waals surface area contributed by atoms with Gasteiger partial charge in [0.05, 0.1) is 11.0 Å². The molecular formula is C32H39N7. The van der Waals surface area contributed by atoms with Crippen molar-refractivity contribution in [3.63, 3.8) is 0 Å². The molecule has 2 fully saturated rings. The van der Waals surface area contributed by atoms with Crippen LogP contribution in [0.2, 0.25) is 0 Å². The van der Waals surface area contributed by atoms with Gasteiger partial charge in [-0.3, -0.25) is 5.10 Å². The number of piperidine rings is 1. The maximum atomic E-state index is 5.02. The van der Waals surface area contributed by atoms with Gasteiger partial charge in [-0.05, 0) is 106 Å². The molecule has 4 aromatic rings. The molecular weight excluding hydrogens is 482 g/mol. The second-order valence-corrected chi connectivity index (χ2v) is 10.8. The van der Waals surface area contributed by atoms with Crippen LogP contribution in [0.5, 0.6) is 0 Å². The van der Waals surface area contributed by atoms with E-state index in [1.165, 1.54) is 74.9 Å². The number of nitrogens with zero attached hydrogens (tertiary/aromatic N) is 5. The molecule has 3 aromatic heterocycles. The van der Waals surface area contributed by atoms with Gasteiger partial charge in [0, 0.05) is 24.7 Å². The van der Waals surface area contributed by atoms with Gasteiger partial charge in [-0.15, -0.1) is 0 Å². The number of hydrogen-bond acceptors (Lipinski definition) is 5. The van der Waals surface area contributed by atoms with Crippen LogP contribution in [-0.2, 0) is 0 Å². The molecule has 0 bridgehead atoms. The fourth-order valence-corrected chi connectivity index (χ4v) is 6.02. The van der Waals surface area contributed by atoms with Gasteiger partial charge < -0.3 is 14.8 Å². The third-order valence-corrected chi connectivity index (χ3v) is 8.21. The van der Waals surface area contributed by atoms with E-state index in [-0.39, 0.29) is 0 Å². The second-order valence-electron chi connectivity index (χ2n) is 10.8. The Hall–Kier alpha value is -3.71. The SMILES string of the molecule is C=C/C(=C\C(=C/C)c1ccc2[nH]nc(-c3nc4c(N5CCCCC5)nccc4[nH]3)c2c1)CCCN1CCCC1. The zero-order valence-electron chi connectivity index (χ0n) is 23.0. The van der Waals surface area contributed by atoms with Crippen LogP contribution in [0.4, 0.5) is 5.82 Å². The number of benzene rings is 1. The largest absolute Gasteiger partial charge is 0.355 e. The van der Waals surface area contributed by atoms with Crippen LogP contribution >= 0.6 is 0 Å². The van der Waals surface area contributed by atoms with Gasteiger partial charge in [-0.2, -0.15) is 5.10 Å². The number of H-pyrrole nitrogens is 2. The van der Waals surface area contributed by atoms with Crippen molar-refractivity contribution in [3.05, 3.63) is 66.4 Å². The number of anilines is 1. The average molecular weight is 522 g/mol. The molecule has 0 aliphatic carbocycles. The lowest BCUT2D eigenvalue weighted by atomic mass is 9.98. The molecule has 0 radical (unpaired) electrons. The number of rotatable bonds is 9. The molecule has 0 spiro atoms. The molecule has 6 rings (SSSR count). The number of pyridine rings is 1. The lowest BCUT2D eigenvalue weighted by Gasteiger charge is -2.27. The van der Waals surface area contributed by atoms with Gasteiger partial charge in [0.2, 0.25) is 0 Å². The van der Waals surface area contributed by atoms with Gasteiger partial charge in [0.25, 0.3) is 0 Å². The molecule has 0 amide bonds. The lowest BCUT2D eigenvalue weighted by molar-refractivity contribution is 0.334. The highest BCUT2D eigenvalue weighted by molar-refractivity contribution is 5.97. The van der Waals surface area contributed by atoms with Crippen molar-refractivity contribution >= 4 is 33.3 Å². The zero-order chi connectivity index (χ0) is 26.6. The summed E-state index contributed by atoms with van der Waals surface area (Å²) in [4.78, 5) is 18.2. The molecule has 39 heavy (non-hydrogen) atoms. The van der Waals surface area contributed by atoms with Crippen LogP contribution in [0.25, 0.3) is 39.0 Å². The quantitative estimate of drug-likeness (QED) is 0.235. The summed E-state index contributed by atoms with van der Waals surface area (Å²) in [5.74, 6) is 1.74. The van der Waals surface area contributed by atoms with Crippen LogP contribution in [0.3, 0.4) is 0 Å². The average Bonchev–Trinajstić information content (AvgIpc) is 3.74.